The van der Waals surface area contributed by atoms with Gasteiger partial charge in [0.25, 0.3) is 0 Å². The van der Waals surface area contributed by atoms with Gasteiger partial charge >= 0.3 is 0 Å². The van der Waals surface area contributed by atoms with Crippen molar-refractivity contribution in [3.8, 4) is 0 Å². The van der Waals surface area contributed by atoms with Crippen molar-refractivity contribution in [3.05, 3.63) is 77.0 Å². The van der Waals surface area contributed by atoms with Crippen LogP contribution in [0, 0.1) is 0 Å². The molecule has 0 bridgehead atoms. The molecule has 5 nitrogen and oxygen atoms in total. The fraction of sp³-hybridized carbons (Fsp3) is 0.348. The Labute approximate surface area is 166 Å². The smallest absolute Gasteiger partial charge is 0.196 e. The molecular formula is C23H28N4O. The molecule has 28 heavy (non-hydrogen) atoms. The average molecular weight is 377 g/mol. The van der Waals surface area contributed by atoms with E-state index in [0.717, 1.165) is 55.8 Å². The Kier molecular flexibility index (Phi) is 5.63. The van der Waals surface area contributed by atoms with E-state index in [9.17, 15) is 0 Å². The van der Waals surface area contributed by atoms with Crippen molar-refractivity contribution >= 4 is 11.6 Å². The number of nitrogens with zero attached hydrogens (tertiary/aromatic N) is 2. The predicted molar refractivity (Wildman–Crippen MR) is 114 cm³/mol. The highest BCUT2D eigenvalue weighted by Crippen LogP contribution is 2.29. The zero-order chi connectivity index (χ0) is 19.3. The lowest BCUT2D eigenvalue weighted by atomic mass is 10.0. The van der Waals surface area contributed by atoms with Gasteiger partial charge in [-0.1, -0.05) is 36.4 Å². The Morgan fingerprint density at radius 1 is 1.04 bits per heavy atom. The van der Waals surface area contributed by atoms with Crippen LogP contribution in [-0.2, 0) is 17.7 Å². The molecule has 5 heteroatoms. The van der Waals surface area contributed by atoms with Crippen molar-refractivity contribution in [2.75, 3.05) is 18.9 Å². The molecule has 4 N–H and O–H groups in total. The van der Waals surface area contributed by atoms with Gasteiger partial charge in [-0.05, 0) is 60.6 Å². The van der Waals surface area contributed by atoms with E-state index in [-0.39, 0.29) is 6.10 Å². The third kappa shape index (κ3) is 4.54. The molecule has 1 unspecified atom stereocenters. The van der Waals surface area contributed by atoms with Gasteiger partial charge in [0.15, 0.2) is 5.96 Å². The van der Waals surface area contributed by atoms with E-state index in [0.29, 0.717) is 12.5 Å². The van der Waals surface area contributed by atoms with E-state index in [4.69, 9.17) is 16.2 Å². The van der Waals surface area contributed by atoms with Crippen LogP contribution in [0.4, 0.5) is 5.69 Å². The maximum Gasteiger partial charge on any atom is 0.196 e. The van der Waals surface area contributed by atoms with Gasteiger partial charge in [-0.2, -0.15) is 0 Å². The van der Waals surface area contributed by atoms with Crippen LogP contribution in [0.15, 0.2) is 65.3 Å². The molecule has 1 saturated heterocycles. The second kappa shape index (κ2) is 8.48. The van der Waals surface area contributed by atoms with Gasteiger partial charge in [-0.3, -0.25) is 0 Å². The summed E-state index contributed by atoms with van der Waals surface area (Å²) in [6.45, 7) is 2.37. The summed E-state index contributed by atoms with van der Waals surface area (Å²) >= 11 is 0. The van der Waals surface area contributed by atoms with Crippen molar-refractivity contribution in [1.82, 2.24) is 4.90 Å². The molecule has 0 spiro atoms. The second-order valence-corrected chi connectivity index (χ2v) is 7.54. The third-order valence-electron chi connectivity index (χ3n) is 5.38. The van der Waals surface area contributed by atoms with E-state index in [1.807, 2.05) is 18.2 Å². The standard InChI is InChI=1S/C23H28N4O/c24-20-7-2-5-18(15-20)16-27-12-11-21(26-23(27)25)10-9-17-4-1-6-19(14-17)22-8-3-13-28-22/h1-2,4-7,11,14-15,22H,3,8-10,12-13,16,24H2,(H2,25,26). The lowest BCUT2D eigenvalue weighted by Crippen LogP contribution is -2.39. The average Bonchev–Trinajstić information content (AvgIpc) is 3.24. The predicted octanol–water partition coefficient (Wildman–Crippen LogP) is 3.77. The molecule has 1 fully saturated rings. The SMILES string of the molecule is NC1=NC(CCc2cccc(C3CCCO3)c2)=CCN1Cc1cccc(N)c1. The summed E-state index contributed by atoms with van der Waals surface area (Å²) in [6, 6.07) is 16.7. The van der Waals surface area contributed by atoms with Crippen LogP contribution in [0.3, 0.4) is 0 Å². The first-order valence-corrected chi connectivity index (χ1v) is 10.0. The number of aliphatic imine (C=N–C) groups is 1. The molecule has 4 rings (SSSR count). The number of rotatable bonds is 6. The lowest BCUT2D eigenvalue weighted by molar-refractivity contribution is 0.112. The Bertz CT molecular complexity index is 884. The van der Waals surface area contributed by atoms with Crippen molar-refractivity contribution in [2.24, 2.45) is 10.7 Å². The molecule has 2 aromatic carbocycles. The van der Waals surface area contributed by atoms with Gasteiger partial charge in [0.1, 0.15) is 0 Å². The molecule has 0 radical (unpaired) electrons. The molecule has 2 aliphatic rings. The zero-order valence-corrected chi connectivity index (χ0v) is 16.2. The van der Waals surface area contributed by atoms with Gasteiger partial charge in [-0.25, -0.2) is 4.99 Å². The number of guanidine groups is 1. The Morgan fingerprint density at radius 2 is 1.89 bits per heavy atom. The minimum atomic E-state index is 0.267. The first-order chi connectivity index (χ1) is 13.7. The normalized spacial score (nSPS) is 19.4. The summed E-state index contributed by atoms with van der Waals surface area (Å²) in [5.74, 6) is 0.577. The van der Waals surface area contributed by atoms with E-state index in [1.54, 1.807) is 0 Å². The summed E-state index contributed by atoms with van der Waals surface area (Å²) < 4.78 is 5.81. The molecule has 1 atom stereocenters. The molecule has 0 saturated carbocycles. The monoisotopic (exact) mass is 376 g/mol. The Morgan fingerprint density at radius 3 is 2.68 bits per heavy atom. The zero-order valence-electron chi connectivity index (χ0n) is 16.2. The second-order valence-electron chi connectivity index (χ2n) is 7.54. The highest BCUT2D eigenvalue weighted by Gasteiger charge is 2.18. The van der Waals surface area contributed by atoms with E-state index < -0.39 is 0 Å². The molecular weight excluding hydrogens is 348 g/mol. The van der Waals surface area contributed by atoms with Crippen LogP contribution in [-0.4, -0.2) is 24.0 Å². The number of hydrogen-bond acceptors (Lipinski definition) is 5. The van der Waals surface area contributed by atoms with Gasteiger partial charge in [0.05, 0.1) is 6.10 Å². The number of anilines is 1. The minimum absolute atomic E-state index is 0.267. The van der Waals surface area contributed by atoms with Crippen molar-refractivity contribution in [3.63, 3.8) is 0 Å². The first kappa shape index (κ1) is 18.6. The van der Waals surface area contributed by atoms with E-state index in [1.165, 1.54) is 11.1 Å². The molecule has 0 amide bonds. The van der Waals surface area contributed by atoms with Crippen LogP contribution >= 0.6 is 0 Å². The summed E-state index contributed by atoms with van der Waals surface area (Å²) in [6.07, 6.45) is 6.57. The minimum Gasteiger partial charge on any atom is -0.399 e. The maximum atomic E-state index is 6.22. The van der Waals surface area contributed by atoms with Crippen molar-refractivity contribution in [1.29, 1.82) is 0 Å². The summed E-state index contributed by atoms with van der Waals surface area (Å²) in [4.78, 5) is 6.69. The van der Waals surface area contributed by atoms with Gasteiger partial charge in [-0.15, -0.1) is 0 Å². The number of allylic oxidation sites excluding steroid dienone is 1. The highest BCUT2D eigenvalue weighted by molar-refractivity contribution is 5.80. The van der Waals surface area contributed by atoms with Crippen LogP contribution in [0.1, 0.15) is 42.1 Å². The number of hydrogen-bond donors (Lipinski definition) is 2. The third-order valence-corrected chi connectivity index (χ3v) is 5.38. The molecule has 2 aromatic rings. The largest absolute Gasteiger partial charge is 0.399 e. The van der Waals surface area contributed by atoms with Gasteiger partial charge in [0.2, 0.25) is 0 Å². The number of nitrogen functional groups attached to an aromatic ring is 1. The number of nitrogens with two attached hydrogens (primary N) is 2. The van der Waals surface area contributed by atoms with E-state index in [2.05, 4.69) is 46.3 Å². The molecule has 146 valence electrons. The fourth-order valence-corrected chi connectivity index (χ4v) is 3.85. The topological polar surface area (TPSA) is 76.9 Å². The van der Waals surface area contributed by atoms with E-state index >= 15 is 0 Å². The fourth-order valence-electron chi connectivity index (χ4n) is 3.85. The van der Waals surface area contributed by atoms with Crippen molar-refractivity contribution < 1.29 is 4.74 Å². The lowest BCUT2D eigenvalue weighted by Gasteiger charge is -2.26. The molecule has 0 aliphatic carbocycles. The number of ether oxygens (including phenoxy) is 1. The van der Waals surface area contributed by atoms with Gasteiger partial charge in [0, 0.05) is 31.1 Å². The van der Waals surface area contributed by atoms with Gasteiger partial charge < -0.3 is 21.1 Å². The highest BCUT2D eigenvalue weighted by atomic mass is 16.5. The Balaban J connectivity index is 1.34. The van der Waals surface area contributed by atoms with Crippen LogP contribution in [0.2, 0.25) is 0 Å². The quantitative estimate of drug-likeness (QED) is 0.753. The van der Waals surface area contributed by atoms with Crippen LogP contribution in [0.5, 0.6) is 0 Å². The Hall–Kier alpha value is -2.79. The maximum absolute atomic E-state index is 6.22. The number of benzene rings is 2. The van der Waals surface area contributed by atoms with Crippen LogP contribution in [0.25, 0.3) is 0 Å². The molecule has 2 heterocycles. The first-order valence-electron chi connectivity index (χ1n) is 10.0. The number of aryl methyl sites for hydroxylation is 1. The molecule has 0 aromatic heterocycles. The summed E-state index contributed by atoms with van der Waals surface area (Å²) in [7, 11) is 0. The summed E-state index contributed by atoms with van der Waals surface area (Å²) in [5, 5.41) is 0. The molecule has 2 aliphatic heterocycles. The summed E-state index contributed by atoms with van der Waals surface area (Å²) in [5.41, 5.74) is 17.7. The van der Waals surface area contributed by atoms with Crippen molar-refractivity contribution in [2.45, 2.75) is 38.3 Å². The van der Waals surface area contributed by atoms with Crippen LogP contribution < -0.4 is 11.5 Å².